The first-order chi connectivity index (χ1) is 13.3. The maximum absolute atomic E-state index is 13.1. The first-order valence-electron chi connectivity index (χ1n) is 8.90. The summed E-state index contributed by atoms with van der Waals surface area (Å²) >= 11 is 0. The molecule has 1 aliphatic rings. The number of carbonyl (C=O) groups excluding carboxylic acids is 1. The topological polar surface area (TPSA) is 84.9 Å². The predicted octanol–water partition coefficient (Wildman–Crippen LogP) is 2.73. The van der Waals surface area contributed by atoms with Crippen molar-refractivity contribution in [3.63, 3.8) is 0 Å². The van der Waals surface area contributed by atoms with E-state index in [2.05, 4.69) is 5.32 Å². The van der Waals surface area contributed by atoms with Crippen molar-refractivity contribution in [3.8, 4) is 11.5 Å². The van der Waals surface area contributed by atoms with E-state index in [0.717, 1.165) is 22.7 Å². The van der Waals surface area contributed by atoms with Gasteiger partial charge < -0.3 is 14.8 Å². The first kappa shape index (κ1) is 20.0. The van der Waals surface area contributed by atoms with Crippen LogP contribution in [0.3, 0.4) is 0 Å². The van der Waals surface area contributed by atoms with Gasteiger partial charge in [-0.2, -0.15) is 0 Å². The zero-order valence-corrected chi connectivity index (χ0v) is 17.2. The number of benzene rings is 2. The number of amides is 1. The van der Waals surface area contributed by atoms with Gasteiger partial charge in [0.2, 0.25) is 0 Å². The highest BCUT2D eigenvalue weighted by Crippen LogP contribution is 2.37. The van der Waals surface area contributed by atoms with Gasteiger partial charge in [-0.15, -0.1) is 0 Å². The molecule has 150 valence electrons. The largest absolute Gasteiger partial charge is 0.493 e. The van der Waals surface area contributed by atoms with E-state index in [1.54, 1.807) is 24.3 Å². The van der Waals surface area contributed by atoms with E-state index >= 15 is 0 Å². The second kappa shape index (κ2) is 7.71. The van der Waals surface area contributed by atoms with Gasteiger partial charge >= 0.3 is 0 Å². The van der Waals surface area contributed by atoms with Gasteiger partial charge in [0.05, 0.1) is 30.4 Å². The van der Waals surface area contributed by atoms with Gasteiger partial charge in [-0.25, -0.2) is 8.42 Å². The van der Waals surface area contributed by atoms with Crippen molar-refractivity contribution in [1.29, 1.82) is 0 Å². The molecule has 0 aliphatic heterocycles. The van der Waals surface area contributed by atoms with E-state index in [4.69, 9.17) is 9.47 Å². The first-order valence-corrected chi connectivity index (χ1v) is 10.3. The summed E-state index contributed by atoms with van der Waals surface area (Å²) in [7, 11) is 0.479. The molecule has 0 aromatic heterocycles. The van der Waals surface area contributed by atoms with Crippen LogP contribution in [0.5, 0.6) is 11.5 Å². The predicted molar refractivity (Wildman–Crippen MR) is 107 cm³/mol. The number of carbonyl (C=O) groups is 1. The number of hydrogen-bond donors (Lipinski definition) is 1. The van der Waals surface area contributed by atoms with E-state index in [0.29, 0.717) is 11.5 Å². The Balaban J connectivity index is 2.09. The fourth-order valence-corrected chi connectivity index (χ4v) is 4.01. The monoisotopic (exact) mass is 404 g/mol. The Morgan fingerprint density at radius 2 is 1.64 bits per heavy atom. The van der Waals surface area contributed by atoms with E-state index in [1.165, 1.54) is 33.4 Å². The minimum Gasteiger partial charge on any atom is -0.493 e. The molecule has 8 heteroatoms. The molecule has 0 bridgehead atoms. The van der Waals surface area contributed by atoms with E-state index in [9.17, 15) is 13.2 Å². The highest BCUT2D eigenvalue weighted by molar-refractivity contribution is 7.92. The number of rotatable bonds is 7. The van der Waals surface area contributed by atoms with Crippen LogP contribution in [0.25, 0.3) is 0 Å². The Bertz CT molecular complexity index is 982. The van der Waals surface area contributed by atoms with Crippen LogP contribution in [0.1, 0.15) is 28.8 Å². The Labute approximate surface area is 165 Å². The van der Waals surface area contributed by atoms with E-state index in [-0.39, 0.29) is 28.1 Å². The van der Waals surface area contributed by atoms with Crippen molar-refractivity contribution in [2.24, 2.45) is 0 Å². The maximum Gasteiger partial charge on any atom is 0.264 e. The van der Waals surface area contributed by atoms with Crippen LogP contribution < -0.4 is 19.1 Å². The lowest BCUT2D eigenvalue weighted by atomic mass is 10.1. The van der Waals surface area contributed by atoms with Crippen molar-refractivity contribution < 1.29 is 22.7 Å². The molecule has 28 heavy (non-hydrogen) atoms. The molecule has 0 spiro atoms. The lowest BCUT2D eigenvalue weighted by Crippen LogP contribution is -2.31. The van der Waals surface area contributed by atoms with Gasteiger partial charge in [-0.05, 0) is 38.0 Å². The Hall–Kier alpha value is -2.74. The number of aryl methyl sites for hydroxylation is 1. The van der Waals surface area contributed by atoms with Crippen LogP contribution in [0.2, 0.25) is 0 Å². The molecule has 2 aromatic rings. The molecule has 0 heterocycles. The quantitative estimate of drug-likeness (QED) is 0.767. The van der Waals surface area contributed by atoms with Crippen LogP contribution in [0, 0.1) is 6.92 Å². The number of ether oxygens (including phenoxy) is 2. The van der Waals surface area contributed by atoms with Crippen LogP contribution in [-0.2, 0) is 10.0 Å². The van der Waals surface area contributed by atoms with Gasteiger partial charge in [-0.3, -0.25) is 9.10 Å². The highest BCUT2D eigenvalue weighted by Gasteiger charge is 2.30. The minimum atomic E-state index is -3.87. The maximum atomic E-state index is 13.1. The molecule has 0 saturated heterocycles. The molecule has 7 nitrogen and oxygen atoms in total. The zero-order valence-electron chi connectivity index (χ0n) is 16.4. The van der Waals surface area contributed by atoms with Crippen molar-refractivity contribution in [2.75, 3.05) is 25.6 Å². The molecule has 1 saturated carbocycles. The van der Waals surface area contributed by atoms with E-state index in [1.807, 2.05) is 6.92 Å². The van der Waals surface area contributed by atoms with Gasteiger partial charge in [-0.1, -0.05) is 17.7 Å². The number of hydrogen-bond acceptors (Lipinski definition) is 5. The van der Waals surface area contributed by atoms with Gasteiger partial charge in [0.1, 0.15) is 0 Å². The highest BCUT2D eigenvalue weighted by atomic mass is 32.2. The van der Waals surface area contributed by atoms with Crippen LogP contribution in [-0.4, -0.2) is 41.6 Å². The van der Waals surface area contributed by atoms with Gasteiger partial charge in [0, 0.05) is 19.2 Å². The summed E-state index contributed by atoms with van der Waals surface area (Å²) in [6.07, 6.45) is 1.84. The summed E-state index contributed by atoms with van der Waals surface area (Å²) in [5.74, 6) is 0.351. The molecule has 0 radical (unpaired) electrons. The fourth-order valence-electron chi connectivity index (χ4n) is 2.80. The van der Waals surface area contributed by atoms with Gasteiger partial charge in [0.25, 0.3) is 15.9 Å². The Morgan fingerprint density at radius 1 is 1.07 bits per heavy atom. The minimum absolute atomic E-state index is 0.132. The second-order valence-electron chi connectivity index (χ2n) is 6.76. The standard InChI is InChI=1S/C20H24N2O5S/c1-13-5-9-15(10-6-13)28(24,25)22(2)17-12-19(27-4)18(26-3)11-16(17)20(23)21-14-7-8-14/h5-6,9-12,14H,7-8H2,1-4H3,(H,21,23). The lowest BCUT2D eigenvalue weighted by molar-refractivity contribution is 0.0951. The second-order valence-corrected chi connectivity index (χ2v) is 8.73. The molecule has 0 unspecified atom stereocenters. The normalized spacial score (nSPS) is 13.7. The Kier molecular flexibility index (Phi) is 5.51. The zero-order chi connectivity index (χ0) is 20.5. The molecule has 0 atom stereocenters. The average molecular weight is 404 g/mol. The molecule has 1 N–H and O–H groups in total. The van der Waals surface area contributed by atoms with E-state index < -0.39 is 10.0 Å². The number of nitrogens with one attached hydrogen (secondary N) is 1. The number of nitrogens with zero attached hydrogens (tertiary/aromatic N) is 1. The molecule has 1 aliphatic carbocycles. The van der Waals surface area contributed by atoms with Crippen LogP contribution >= 0.6 is 0 Å². The van der Waals surface area contributed by atoms with Crippen molar-refractivity contribution in [2.45, 2.75) is 30.7 Å². The van der Waals surface area contributed by atoms with Crippen LogP contribution in [0.15, 0.2) is 41.3 Å². The fraction of sp³-hybridized carbons (Fsp3) is 0.350. The average Bonchev–Trinajstić information content (AvgIpc) is 3.50. The molecule has 3 rings (SSSR count). The molecule has 1 fully saturated rings. The molecule has 1 amide bonds. The summed E-state index contributed by atoms with van der Waals surface area (Å²) in [5, 5.41) is 2.90. The van der Waals surface area contributed by atoms with Gasteiger partial charge in [0.15, 0.2) is 11.5 Å². The van der Waals surface area contributed by atoms with Crippen molar-refractivity contribution in [3.05, 3.63) is 47.5 Å². The van der Waals surface area contributed by atoms with Crippen LogP contribution in [0.4, 0.5) is 5.69 Å². The third kappa shape index (κ3) is 3.91. The number of methoxy groups -OCH3 is 2. The summed E-state index contributed by atoms with van der Waals surface area (Å²) in [6.45, 7) is 1.88. The summed E-state index contributed by atoms with van der Waals surface area (Å²) in [4.78, 5) is 12.9. The summed E-state index contributed by atoms with van der Waals surface area (Å²) in [5.41, 5.74) is 1.39. The molecular formula is C20H24N2O5S. The third-order valence-electron chi connectivity index (χ3n) is 4.68. The Morgan fingerprint density at radius 3 is 2.18 bits per heavy atom. The molecule has 2 aromatic carbocycles. The summed E-state index contributed by atoms with van der Waals surface area (Å²) in [6, 6.07) is 9.70. The smallest absolute Gasteiger partial charge is 0.264 e. The summed E-state index contributed by atoms with van der Waals surface area (Å²) < 4.78 is 38.0. The lowest BCUT2D eigenvalue weighted by Gasteiger charge is -2.23. The van der Waals surface area contributed by atoms with Crippen molar-refractivity contribution >= 4 is 21.6 Å². The van der Waals surface area contributed by atoms with Crippen molar-refractivity contribution in [1.82, 2.24) is 5.32 Å². The number of anilines is 1. The molecular weight excluding hydrogens is 380 g/mol. The number of sulfonamides is 1. The SMILES string of the molecule is COc1cc(C(=O)NC2CC2)c(N(C)S(=O)(=O)c2ccc(C)cc2)cc1OC. The third-order valence-corrected chi connectivity index (χ3v) is 6.46.